The maximum absolute atomic E-state index is 10.5. The molecule has 2 atom stereocenters. The fourth-order valence-electron chi connectivity index (χ4n) is 1.32. The predicted molar refractivity (Wildman–Crippen MR) is 61.1 cm³/mol. The van der Waals surface area contributed by atoms with Crippen molar-refractivity contribution in [1.82, 2.24) is 5.32 Å². The molecule has 0 aliphatic heterocycles. The highest BCUT2D eigenvalue weighted by molar-refractivity contribution is 5.69. The summed E-state index contributed by atoms with van der Waals surface area (Å²) in [6.07, 6.45) is -0.595. The van der Waals surface area contributed by atoms with Gasteiger partial charge in [-0.15, -0.1) is 0 Å². The third kappa shape index (κ3) is 4.00. The summed E-state index contributed by atoms with van der Waals surface area (Å²) in [6, 6.07) is 9.28. The number of benzene rings is 1. The molecular formula is C12H17NO3. The Morgan fingerprint density at radius 1 is 1.31 bits per heavy atom. The van der Waals surface area contributed by atoms with Crippen LogP contribution in [-0.4, -0.2) is 29.3 Å². The highest BCUT2D eigenvalue weighted by atomic mass is 16.4. The lowest BCUT2D eigenvalue weighted by Gasteiger charge is -2.13. The zero-order chi connectivity index (χ0) is 12.0. The van der Waals surface area contributed by atoms with Crippen molar-refractivity contribution in [1.29, 1.82) is 0 Å². The number of nitrogens with one attached hydrogen (secondary N) is 1. The predicted octanol–water partition coefficient (Wildman–Crippen LogP) is 1.03. The molecule has 0 aliphatic carbocycles. The van der Waals surface area contributed by atoms with E-state index in [1.165, 1.54) is 0 Å². The van der Waals surface area contributed by atoms with Crippen molar-refractivity contribution in [3.8, 4) is 0 Å². The number of carboxylic acids is 1. The normalized spacial score (nSPS) is 14.4. The molecule has 0 saturated heterocycles. The Morgan fingerprint density at radius 3 is 2.50 bits per heavy atom. The lowest BCUT2D eigenvalue weighted by molar-refractivity contribution is -0.140. The topological polar surface area (TPSA) is 69.6 Å². The van der Waals surface area contributed by atoms with E-state index in [4.69, 9.17) is 5.11 Å². The van der Waals surface area contributed by atoms with Crippen LogP contribution in [0.3, 0.4) is 0 Å². The summed E-state index contributed by atoms with van der Waals surface area (Å²) < 4.78 is 0. The first kappa shape index (κ1) is 12.7. The van der Waals surface area contributed by atoms with Crippen LogP contribution >= 0.6 is 0 Å². The lowest BCUT2D eigenvalue weighted by atomic mass is 10.1. The number of aliphatic hydroxyl groups is 1. The molecule has 0 radical (unpaired) electrons. The third-order valence-corrected chi connectivity index (χ3v) is 2.39. The summed E-state index contributed by atoms with van der Waals surface area (Å²) in [4.78, 5) is 10.5. The monoisotopic (exact) mass is 223 g/mol. The standard InChI is InChI=1S/C12H17NO3/c1-9(12(15)16)7-13-8-11(14)10-5-3-2-4-6-10/h2-6,9,11,13-14H,7-8H2,1H3,(H,15,16). The third-order valence-electron chi connectivity index (χ3n) is 2.39. The molecule has 16 heavy (non-hydrogen) atoms. The Hall–Kier alpha value is -1.39. The molecule has 0 spiro atoms. The van der Waals surface area contributed by atoms with E-state index in [0.717, 1.165) is 5.56 Å². The van der Waals surface area contributed by atoms with Crippen molar-refractivity contribution in [2.45, 2.75) is 13.0 Å². The van der Waals surface area contributed by atoms with Crippen molar-refractivity contribution >= 4 is 5.97 Å². The van der Waals surface area contributed by atoms with Crippen LogP contribution in [0.5, 0.6) is 0 Å². The number of carboxylic acid groups (broad SMARTS) is 1. The minimum atomic E-state index is -0.832. The second-order valence-electron chi connectivity index (χ2n) is 3.82. The van der Waals surface area contributed by atoms with Crippen molar-refractivity contribution in [2.75, 3.05) is 13.1 Å². The van der Waals surface area contributed by atoms with Crippen LogP contribution in [0, 0.1) is 5.92 Å². The van der Waals surface area contributed by atoms with Crippen LogP contribution in [-0.2, 0) is 4.79 Å². The molecule has 0 heterocycles. The van der Waals surface area contributed by atoms with Crippen LogP contribution in [0.1, 0.15) is 18.6 Å². The molecule has 1 aromatic rings. The van der Waals surface area contributed by atoms with Gasteiger partial charge in [0.2, 0.25) is 0 Å². The Labute approximate surface area is 94.9 Å². The summed E-state index contributed by atoms with van der Waals surface area (Å²) >= 11 is 0. The van der Waals surface area contributed by atoms with E-state index in [1.54, 1.807) is 6.92 Å². The number of aliphatic hydroxyl groups excluding tert-OH is 1. The van der Waals surface area contributed by atoms with E-state index in [2.05, 4.69) is 5.32 Å². The van der Waals surface area contributed by atoms with Crippen molar-refractivity contribution < 1.29 is 15.0 Å². The first-order chi connectivity index (χ1) is 7.61. The Balaban J connectivity index is 2.31. The highest BCUT2D eigenvalue weighted by Crippen LogP contribution is 2.10. The molecular weight excluding hydrogens is 206 g/mol. The van der Waals surface area contributed by atoms with Crippen LogP contribution in [0.4, 0.5) is 0 Å². The van der Waals surface area contributed by atoms with Gasteiger partial charge >= 0.3 is 5.97 Å². The van der Waals surface area contributed by atoms with Gasteiger partial charge in [0.15, 0.2) is 0 Å². The van der Waals surface area contributed by atoms with Crippen LogP contribution in [0.25, 0.3) is 0 Å². The van der Waals surface area contributed by atoms with Gasteiger partial charge in [-0.1, -0.05) is 37.3 Å². The first-order valence-corrected chi connectivity index (χ1v) is 5.27. The smallest absolute Gasteiger partial charge is 0.307 e. The molecule has 1 rings (SSSR count). The highest BCUT2D eigenvalue weighted by Gasteiger charge is 2.11. The molecule has 3 N–H and O–H groups in total. The van der Waals surface area contributed by atoms with Gasteiger partial charge in [-0.25, -0.2) is 0 Å². The van der Waals surface area contributed by atoms with Gasteiger partial charge in [-0.2, -0.15) is 0 Å². The van der Waals surface area contributed by atoms with E-state index < -0.39 is 18.0 Å². The number of hydrogen-bond acceptors (Lipinski definition) is 3. The zero-order valence-electron chi connectivity index (χ0n) is 9.26. The lowest BCUT2D eigenvalue weighted by Crippen LogP contribution is -2.29. The maximum atomic E-state index is 10.5. The molecule has 1 aromatic carbocycles. The molecule has 0 saturated carbocycles. The van der Waals surface area contributed by atoms with E-state index in [-0.39, 0.29) is 0 Å². The SMILES string of the molecule is CC(CNCC(O)c1ccccc1)C(=O)O. The molecule has 2 unspecified atom stereocenters. The molecule has 4 nitrogen and oxygen atoms in total. The molecule has 0 aromatic heterocycles. The Bertz CT molecular complexity index is 326. The van der Waals surface area contributed by atoms with Gasteiger partial charge in [0.05, 0.1) is 12.0 Å². The van der Waals surface area contributed by atoms with E-state index in [1.807, 2.05) is 30.3 Å². The average molecular weight is 223 g/mol. The van der Waals surface area contributed by atoms with E-state index >= 15 is 0 Å². The minimum Gasteiger partial charge on any atom is -0.481 e. The molecule has 4 heteroatoms. The number of rotatable bonds is 6. The molecule has 0 fully saturated rings. The second kappa shape index (κ2) is 6.25. The molecule has 88 valence electrons. The number of hydrogen-bond donors (Lipinski definition) is 3. The van der Waals surface area contributed by atoms with E-state index in [0.29, 0.717) is 13.1 Å². The Kier molecular flexibility index (Phi) is 4.95. The largest absolute Gasteiger partial charge is 0.481 e. The quantitative estimate of drug-likeness (QED) is 0.673. The van der Waals surface area contributed by atoms with Gasteiger partial charge in [0.1, 0.15) is 0 Å². The summed E-state index contributed by atoms with van der Waals surface area (Å²) in [5.74, 6) is -1.27. The maximum Gasteiger partial charge on any atom is 0.307 e. The minimum absolute atomic E-state index is 0.360. The fraction of sp³-hybridized carbons (Fsp3) is 0.417. The second-order valence-corrected chi connectivity index (χ2v) is 3.82. The average Bonchev–Trinajstić information content (AvgIpc) is 2.29. The van der Waals surface area contributed by atoms with Gasteiger partial charge in [0.25, 0.3) is 0 Å². The summed E-state index contributed by atoms with van der Waals surface area (Å²) in [6.45, 7) is 2.35. The van der Waals surface area contributed by atoms with Crippen LogP contribution in [0.15, 0.2) is 30.3 Å². The van der Waals surface area contributed by atoms with Crippen LogP contribution in [0.2, 0.25) is 0 Å². The van der Waals surface area contributed by atoms with Crippen molar-refractivity contribution in [3.05, 3.63) is 35.9 Å². The zero-order valence-corrected chi connectivity index (χ0v) is 9.26. The number of aliphatic carboxylic acids is 1. The van der Waals surface area contributed by atoms with Crippen molar-refractivity contribution in [2.24, 2.45) is 5.92 Å². The molecule has 0 bridgehead atoms. The van der Waals surface area contributed by atoms with Gasteiger partial charge < -0.3 is 15.5 Å². The molecule has 0 aliphatic rings. The number of carbonyl (C=O) groups is 1. The Morgan fingerprint density at radius 2 is 1.94 bits per heavy atom. The summed E-state index contributed by atoms with van der Waals surface area (Å²) in [5, 5.41) is 21.4. The van der Waals surface area contributed by atoms with Gasteiger partial charge in [-0.05, 0) is 5.56 Å². The van der Waals surface area contributed by atoms with Gasteiger partial charge in [-0.3, -0.25) is 4.79 Å². The van der Waals surface area contributed by atoms with Crippen LogP contribution < -0.4 is 5.32 Å². The molecule has 0 amide bonds. The fourth-order valence-corrected chi connectivity index (χ4v) is 1.32. The van der Waals surface area contributed by atoms with Crippen molar-refractivity contribution in [3.63, 3.8) is 0 Å². The van der Waals surface area contributed by atoms with E-state index in [9.17, 15) is 9.90 Å². The summed E-state index contributed by atoms with van der Waals surface area (Å²) in [7, 11) is 0. The first-order valence-electron chi connectivity index (χ1n) is 5.27. The van der Waals surface area contributed by atoms with Gasteiger partial charge in [0, 0.05) is 13.1 Å². The summed E-state index contributed by atoms with van der Waals surface area (Å²) in [5.41, 5.74) is 0.831.